The van der Waals surface area contributed by atoms with Crippen molar-refractivity contribution in [2.24, 2.45) is 0 Å². The molecule has 132 valence electrons. The summed E-state index contributed by atoms with van der Waals surface area (Å²) in [5.74, 6) is 0.649. The smallest absolute Gasteiger partial charge is 0.262 e. The minimum absolute atomic E-state index is 0.0158. The van der Waals surface area contributed by atoms with Crippen molar-refractivity contribution < 1.29 is 9.64 Å². The summed E-state index contributed by atoms with van der Waals surface area (Å²) in [5.41, 5.74) is 0.740. The van der Waals surface area contributed by atoms with E-state index in [1.165, 1.54) is 16.7 Å². The standard InChI is InChI=1S/C18H22N4O2S/c19-7-3-14-25-18-20-16-6-2-1-5-15(16)17(23)22(18)9-4-8-21-10-12-24-13-11-21/h1-2,5-6H,3-4,8-14H2/p+1. The Balaban J connectivity index is 1.78. The van der Waals surface area contributed by atoms with Crippen LogP contribution in [0.5, 0.6) is 0 Å². The lowest BCUT2D eigenvalue weighted by Gasteiger charge is -2.24. The lowest BCUT2D eigenvalue weighted by Crippen LogP contribution is -3.14. The van der Waals surface area contributed by atoms with Crippen LogP contribution in [-0.2, 0) is 11.3 Å². The number of morpholine rings is 1. The molecule has 6 nitrogen and oxygen atoms in total. The molecule has 1 aliphatic heterocycles. The number of aromatic nitrogens is 2. The summed E-state index contributed by atoms with van der Waals surface area (Å²) in [6.07, 6.45) is 1.38. The molecule has 0 bridgehead atoms. The number of ether oxygens (including phenoxy) is 1. The van der Waals surface area contributed by atoms with Crippen LogP contribution in [0.2, 0.25) is 0 Å². The van der Waals surface area contributed by atoms with Gasteiger partial charge < -0.3 is 9.64 Å². The van der Waals surface area contributed by atoms with Crippen molar-refractivity contribution in [1.29, 1.82) is 5.26 Å². The Morgan fingerprint density at radius 1 is 1.32 bits per heavy atom. The van der Waals surface area contributed by atoms with E-state index in [9.17, 15) is 4.79 Å². The van der Waals surface area contributed by atoms with Crippen molar-refractivity contribution in [3.05, 3.63) is 34.6 Å². The number of nitriles is 1. The van der Waals surface area contributed by atoms with Crippen molar-refractivity contribution in [2.75, 3.05) is 38.6 Å². The van der Waals surface area contributed by atoms with Gasteiger partial charge in [0, 0.05) is 25.1 Å². The Bertz CT molecular complexity index is 809. The van der Waals surface area contributed by atoms with Crippen LogP contribution in [0.25, 0.3) is 10.9 Å². The molecule has 0 spiro atoms. The van der Waals surface area contributed by atoms with Gasteiger partial charge >= 0.3 is 0 Å². The molecular weight excluding hydrogens is 336 g/mol. The van der Waals surface area contributed by atoms with Crippen LogP contribution in [0.15, 0.2) is 34.2 Å². The number of fused-ring (bicyclic) bond motifs is 1. The lowest BCUT2D eigenvalue weighted by molar-refractivity contribution is -0.908. The summed E-state index contributed by atoms with van der Waals surface area (Å²) in [6, 6.07) is 9.61. The molecular formula is C18H23N4O2S+. The molecule has 2 heterocycles. The minimum atomic E-state index is 0.0158. The zero-order chi connectivity index (χ0) is 17.5. The third kappa shape index (κ3) is 4.60. The molecule has 1 aliphatic rings. The number of quaternary nitrogens is 1. The maximum atomic E-state index is 12.9. The molecule has 3 rings (SSSR count). The fourth-order valence-electron chi connectivity index (χ4n) is 3.04. The molecule has 1 aromatic heterocycles. The number of rotatable bonds is 7. The molecule has 7 heteroatoms. The normalized spacial score (nSPS) is 15.3. The Labute approximate surface area is 151 Å². The van der Waals surface area contributed by atoms with E-state index in [-0.39, 0.29) is 5.56 Å². The first-order valence-electron chi connectivity index (χ1n) is 8.70. The van der Waals surface area contributed by atoms with Crippen molar-refractivity contribution in [3.63, 3.8) is 0 Å². The Kier molecular flexibility index (Phi) is 6.45. The number of para-hydroxylation sites is 1. The van der Waals surface area contributed by atoms with Gasteiger partial charge in [-0.15, -0.1) is 0 Å². The molecule has 2 aromatic rings. The van der Waals surface area contributed by atoms with Gasteiger partial charge in [0.15, 0.2) is 5.16 Å². The molecule has 0 radical (unpaired) electrons. The maximum absolute atomic E-state index is 12.9. The van der Waals surface area contributed by atoms with E-state index in [1.54, 1.807) is 4.57 Å². The Hall–Kier alpha value is -1.88. The zero-order valence-electron chi connectivity index (χ0n) is 14.2. The second-order valence-electron chi connectivity index (χ2n) is 6.09. The van der Waals surface area contributed by atoms with Crippen LogP contribution in [0.3, 0.4) is 0 Å². The van der Waals surface area contributed by atoms with Gasteiger partial charge in [0.25, 0.3) is 5.56 Å². The average molecular weight is 359 g/mol. The molecule has 0 aliphatic carbocycles. The van der Waals surface area contributed by atoms with E-state index in [0.29, 0.717) is 24.1 Å². The van der Waals surface area contributed by atoms with Gasteiger partial charge in [-0.3, -0.25) is 9.36 Å². The van der Waals surface area contributed by atoms with Gasteiger partial charge in [-0.05, 0) is 12.1 Å². The van der Waals surface area contributed by atoms with Gasteiger partial charge in [-0.2, -0.15) is 5.26 Å². The van der Waals surface area contributed by atoms with Crippen LogP contribution in [0, 0.1) is 11.3 Å². The van der Waals surface area contributed by atoms with Gasteiger partial charge in [0.2, 0.25) is 0 Å². The van der Waals surface area contributed by atoms with Crippen LogP contribution in [0.1, 0.15) is 12.8 Å². The van der Waals surface area contributed by atoms with Gasteiger partial charge in [0.1, 0.15) is 13.1 Å². The SMILES string of the molecule is N#CCCSc1nc2ccccc2c(=O)n1CCC[NH+]1CCOCC1. The molecule has 1 fully saturated rings. The van der Waals surface area contributed by atoms with E-state index in [2.05, 4.69) is 11.1 Å². The number of hydrogen-bond acceptors (Lipinski definition) is 5. The van der Waals surface area contributed by atoms with E-state index < -0.39 is 0 Å². The predicted molar refractivity (Wildman–Crippen MR) is 98.0 cm³/mol. The van der Waals surface area contributed by atoms with Gasteiger partial charge in [-0.1, -0.05) is 23.9 Å². The van der Waals surface area contributed by atoms with Crippen LogP contribution >= 0.6 is 11.8 Å². The number of thioether (sulfide) groups is 1. The van der Waals surface area contributed by atoms with Crippen molar-refractivity contribution in [1.82, 2.24) is 9.55 Å². The lowest BCUT2D eigenvalue weighted by atomic mass is 10.2. The molecule has 1 saturated heterocycles. The summed E-state index contributed by atoms with van der Waals surface area (Å²) < 4.78 is 7.17. The summed E-state index contributed by atoms with van der Waals surface area (Å²) in [5, 5.41) is 10.1. The fraction of sp³-hybridized carbons (Fsp3) is 0.500. The summed E-state index contributed by atoms with van der Waals surface area (Å²) in [7, 11) is 0. The second kappa shape index (κ2) is 8.99. The molecule has 0 unspecified atom stereocenters. The number of nitrogens with one attached hydrogen (secondary N) is 1. The predicted octanol–water partition coefficient (Wildman–Crippen LogP) is 0.707. The third-order valence-electron chi connectivity index (χ3n) is 4.38. The quantitative estimate of drug-likeness (QED) is 0.448. The summed E-state index contributed by atoms with van der Waals surface area (Å²) >= 11 is 1.49. The van der Waals surface area contributed by atoms with Crippen molar-refractivity contribution >= 4 is 22.7 Å². The van der Waals surface area contributed by atoms with Crippen molar-refractivity contribution in [3.8, 4) is 6.07 Å². The van der Waals surface area contributed by atoms with Crippen molar-refractivity contribution in [2.45, 2.75) is 24.5 Å². The highest BCUT2D eigenvalue weighted by Crippen LogP contribution is 2.18. The largest absolute Gasteiger partial charge is 0.370 e. The summed E-state index contributed by atoms with van der Waals surface area (Å²) in [4.78, 5) is 19.1. The second-order valence-corrected chi connectivity index (χ2v) is 7.15. The van der Waals surface area contributed by atoms with Crippen LogP contribution in [-0.4, -0.2) is 48.2 Å². The first-order chi connectivity index (χ1) is 12.3. The number of hydrogen-bond donors (Lipinski definition) is 1. The topological polar surface area (TPSA) is 72.3 Å². The average Bonchev–Trinajstić information content (AvgIpc) is 2.65. The van der Waals surface area contributed by atoms with E-state index in [0.717, 1.165) is 49.9 Å². The highest BCUT2D eigenvalue weighted by Gasteiger charge is 2.15. The van der Waals surface area contributed by atoms with Crippen LogP contribution < -0.4 is 10.5 Å². The van der Waals surface area contributed by atoms with E-state index in [1.807, 2.05) is 24.3 Å². The number of benzene rings is 1. The van der Waals surface area contributed by atoms with Gasteiger partial charge in [0.05, 0.1) is 36.7 Å². The van der Waals surface area contributed by atoms with E-state index in [4.69, 9.17) is 10.00 Å². The zero-order valence-corrected chi connectivity index (χ0v) is 15.1. The molecule has 0 saturated carbocycles. The third-order valence-corrected chi connectivity index (χ3v) is 5.36. The fourth-order valence-corrected chi connectivity index (χ4v) is 3.91. The highest BCUT2D eigenvalue weighted by molar-refractivity contribution is 7.99. The van der Waals surface area contributed by atoms with Crippen LogP contribution in [0.4, 0.5) is 0 Å². The first kappa shape index (κ1) is 17.9. The highest BCUT2D eigenvalue weighted by atomic mass is 32.2. The first-order valence-corrected chi connectivity index (χ1v) is 9.69. The molecule has 0 atom stereocenters. The number of nitrogens with zero attached hydrogens (tertiary/aromatic N) is 3. The molecule has 1 N–H and O–H groups in total. The van der Waals surface area contributed by atoms with E-state index >= 15 is 0 Å². The summed E-state index contributed by atoms with van der Waals surface area (Å²) in [6.45, 7) is 5.41. The Morgan fingerprint density at radius 2 is 2.12 bits per heavy atom. The maximum Gasteiger partial charge on any atom is 0.262 e. The molecule has 1 aromatic carbocycles. The molecule has 25 heavy (non-hydrogen) atoms. The minimum Gasteiger partial charge on any atom is -0.370 e. The molecule has 0 amide bonds. The monoisotopic (exact) mass is 359 g/mol. The van der Waals surface area contributed by atoms with Gasteiger partial charge in [-0.25, -0.2) is 4.98 Å². The Morgan fingerprint density at radius 3 is 2.92 bits per heavy atom.